The highest BCUT2D eigenvalue weighted by Gasteiger charge is 2.41. The first kappa shape index (κ1) is 17.6. The molecule has 7 heteroatoms. The van der Waals surface area contributed by atoms with Gasteiger partial charge >= 0.3 is 0 Å². The van der Waals surface area contributed by atoms with Crippen LogP contribution in [-0.2, 0) is 16.1 Å². The van der Waals surface area contributed by atoms with E-state index >= 15 is 0 Å². The van der Waals surface area contributed by atoms with Crippen molar-refractivity contribution in [3.8, 4) is 6.07 Å². The second-order valence-corrected chi connectivity index (χ2v) is 6.78. The molecule has 1 atom stereocenters. The Balaban J connectivity index is 2.21. The van der Waals surface area contributed by atoms with Crippen LogP contribution in [0, 0.1) is 18.3 Å². The molecule has 0 aromatic carbocycles. The van der Waals surface area contributed by atoms with E-state index in [-0.39, 0.29) is 17.2 Å². The van der Waals surface area contributed by atoms with Crippen molar-refractivity contribution >= 4 is 17.4 Å². The van der Waals surface area contributed by atoms with Crippen molar-refractivity contribution in [1.82, 2.24) is 9.78 Å². The molecule has 0 bridgehead atoms. The van der Waals surface area contributed by atoms with Crippen LogP contribution in [0.15, 0.2) is 22.8 Å². The number of nitrogens with zero attached hydrogens (tertiary/aromatic N) is 3. The minimum absolute atomic E-state index is 0.0107. The van der Waals surface area contributed by atoms with E-state index in [2.05, 4.69) is 18.1 Å². The van der Waals surface area contributed by atoms with Crippen molar-refractivity contribution in [3.05, 3.63) is 39.2 Å². The fourth-order valence-electron chi connectivity index (χ4n) is 3.46. The van der Waals surface area contributed by atoms with E-state index in [0.29, 0.717) is 47.1 Å². The van der Waals surface area contributed by atoms with E-state index in [1.807, 2.05) is 11.6 Å². The van der Waals surface area contributed by atoms with E-state index in [1.165, 1.54) is 0 Å². The van der Waals surface area contributed by atoms with Gasteiger partial charge in [0.2, 0.25) is 5.88 Å². The van der Waals surface area contributed by atoms with Gasteiger partial charge in [-0.3, -0.25) is 9.48 Å². The van der Waals surface area contributed by atoms with Crippen molar-refractivity contribution in [2.24, 2.45) is 5.73 Å². The number of nitrogens with two attached hydrogens (primary N) is 1. The van der Waals surface area contributed by atoms with Crippen LogP contribution in [0.4, 0.5) is 0 Å². The van der Waals surface area contributed by atoms with Crippen LogP contribution in [0.5, 0.6) is 0 Å². The normalized spacial score (nSPS) is 20.4. The number of nitriles is 1. The number of carbonyl (C=O) groups is 1. The van der Waals surface area contributed by atoms with Crippen molar-refractivity contribution in [2.75, 3.05) is 0 Å². The summed E-state index contributed by atoms with van der Waals surface area (Å²) in [5.74, 6) is 0.00295. The fraction of sp³-hybridized carbons (Fsp3) is 0.500. The third kappa shape index (κ3) is 2.93. The standard InChI is InChI=1S/C18H21ClN4O2/c1-3-4-8-23-17(16(19)10(2)22-23)14-11(9-20)18(21)25-13-7-5-6-12(24)15(13)14/h14H,3-8,21H2,1-2H3/t14-/m1/s1. The van der Waals surface area contributed by atoms with Gasteiger partial charge in [-0.2, -0.15) is 10.4 Å². The van der Waals surface area contributed by atoms with Gasteiger partial charge in [0.15, 0.2) is 5.78 Å². The molecule has 3 rings (SSSR count). The zero-order valence-electron chi connectivity index (χ0n) is 14.4. The van der Waals surface area contributed by atoms with Gasteiger partial charge in [0.05, 0.1) is 22.3 Å². The molecule has 1 aliphatic carbocycles. The van der Waals surface area contributed by atoms with Gasteiger partial charge in [-0.05, 0) is 19.8 Å². The van der Waals surface area contributed by atoms with Crippen LogP contribution in [0.3, 0.4) is 0 Å². The Morgan fingerprint density at radius 3 is 2.92 bits per heavy atom. The lowest BCUT2D eigenvalue weighted by atomic mass is 9.79. The number of rotatable bonds is 4. The number of aromatic nitrogens is 2. The van der Waals surface area contributed by atoms with Crippen molar-refractivity contribution < 1.29 is 9.53 Å². The number of allylic oxidation sites excluding steroid dienone is 3. The number of ether oxygens (including phenoxy) is 1. The summed E-state index contributed by atoms with van der Waals surface area (Å²) in [7, 11) is 0. The number of ketones is 1. The van der Waals surface area contributed by atoms with Gasteiger partial charge in [-0.1, -0.05) is 24.9 Å². The van der Waals surface area contributed by atoms with Crippen molar-refractivity contribution in [2.45, 2.75) is 58.4 Å². The van der Waals surface area contributed by atoms with Crippen molar-refractivity contribution in [1.29, 1.82) is 5.26 Å². The fourth-order valence-corrected chi connectivity index (χ4v) is 3.71. The second kappa shape index (κ2) is 6.93. The minimum atomic E-state index is -0.605. The van der Waals surface area contributed by atoms with Crippen LogP contribution < -0.4 is 5.73 Å². The molecule has 0 amide bonds. The Morgan fingerprint density at radius 1 is 1.48 bits per heavy atom. The molecule has 0 radical (unpaired) electrons. The second-order valence-electron chi connectivity index (χ2n) is 6.40. The number of aryl methyl sites for hydroxylation is 2. The van der Waals surface area contributed by atoms with Gasteiger partial charge in [0, 0.05) is 25.0 Å². The van der Waals surface area contributed by atoms with E-state index in [0.717, 1.165) is 19.3 Å². The third-order valence-corrected chi connectivity index (χ3v) is 5.16. The Hall–Kier alpha value is -2.26. The maximum absolute atomic E-state index is 12.6. The van der Waals surface area contributed by atoms with Crippen molar-refractivity contribution in [3.63, 3.8) is 0 Å². The lowest BCUT2D eigenvalue weighted by Crippen LogP contribution is -2.29. The molecular formula is C18H21ClN4O2. The van der Waals surface area contributed by atoms with Gasteiger partial charge in [-0.15, -0.1) is 0 Å². The number of hydrogen-bond acceptors (Lipinski definition) is 5. The maximum Gasteiger partial charge on any atom is 0.205 e. The van der Waals surface area contributed by atoms with E-state index < -0.39 is 5.92 Å². The SMILES string of the molecule is CCCCn1nc(C)c(Cl)c1[C@@H]1C(C#N)=C(N)OC2=C1C(=O)CCC2. The molecule has 25 heavy (non-hydrogen) atoms. The minimum Gasteiger partial charge on any atom is -0.444 e. The molecule has 0 saturated carbocycles. The van der Waals surface area contributed by atoms with Crippen LogP contribution in [0.25, 0.3) is 0 Å². The van der Waals surface area contributed by atoms with Gasteiger partial charge in [0.25, 0.3) is 0 Å². The highest BCUT2D eigenvalue weighted by atomic mass is 35.5. The Bertz CT molecular complexity index is 829. The summed E-state index contributed by atoms with van der Waals surface area (Å²) < 4.78 is 7.42. The number of unbranched alkanes of at least 4 members (excludes halogenated alkanes) is 1. The summed E-state index contributed by atoms with van der Waals surface area (Å²) in [5.41, 5.74) is 8.08. The van der Waals surface area contributed by atoms with Crippen LogP contribution in [0.2, 0.25) is 5.02 Å². The first-order valence-corrected chi connectivity index (χ1v) is 8.94. The summed E-state index contributed by atoms with van der Waals surface area (Å²) in [6.07, 6.45) is 3.73. The summed E-state index contributed by atoms with van der Waals surface area (Å²) in [5, 5.41) is 14.7. The highest BCUT2D eigenvalue weighted by Crippen LogP contribution is 2.45. The predicted octanol–water partition coefficient (Wildman–Crippen LogP) is 3.46. The molecule has 2 aliphatic rings. The monoisotopic (exact) mass is 360 g/mol. The molecule has 2 heterocycles. The Kier molecular flexibility index (Phi) is 4.87. The third-order valence-electron chi connectivity index (χ3n) is 4.69. The molecule has 132 valence electrons. The zero-order chi connectivity index (χ0) is 18.1. The molecular weight excluding hydrogens is 340 g/mol. The predicted molar refractivity (Wildman–Crippen MR) is 93.4 cm³/mol. The largest absolute Gasteiger partial charge is 0.444 e. The highest BCUT2D eigenvalue weighted by molar-refractivity contribution is 6.32. The molecule has 1 aliphatic heterocycles. The van der Waals surface area contributed by atoms with E-state index in [9.17, 15) is 10.1 Å². The maximum atomic E-state index is 12.6. The number of carbonyl (C=O) groups excluding carboxylic acids is 1. The van der Waals surface area contributed by atoms with Crippen LogP contribution >= 0.6 is 11.6 Å². The molecule has 0 saturated heterocycles. The molecule has 6 nitrogen and oxygen atoms in total. The topological polar surface area (TPSA) is 93.9 Å². The van der Waals surface area contributed by atoms with Gasteiger partial charge < -0.3 is 10.5 Å². The number of Topliss-reactive ketones (excluding diaryl/α,β-unsaturated/α-hetero) is 1. The van der Waals surface area contributed by atoms with E-state index in [4.69, 9.17) is 22.1 Å². The Labute approximate surface area is 151 Å². The van der Waals surface area contributed by atoms with Gasteiger partial charge in [-0.25, -0.2) is 0 Å². The lowest BCUT2D eigenvalue weighted by molar-refractivity contribution is -0.116. The Morgan fingerprint density at radius 2 is 2.24 bits per heavy atom. The number of hydrogen-bond donors (Lipinski definition) is 1. The average molecular weight is 361 g/mol. The first-order chi connectivity index (χ1) is 12.0. The molecule has 1 aromatic rings. The van der Waals surface area contributed by atoms with E-state index in [1.54, 1.807) is 0 Å². The summed E-state index contributed by atoms with van der Waals surface area (Å²) in [4.78, 5) is 12.6. The zero-order valence-corrected chi connectivity index (χ0v) is 15.2. The lowest BCUT2D eigenvalue weighted by Gasteiger charge is -2.31. The first-order valence-electron chi connectivity index (χ1n) is 8.56. The molecule has 0 fully saturated rings. The molecule has 0 spiro atoms. The molecule has 2 N–H and O–H groups in total. The van der Waals surface area contributed by atoms with Crippen LogP contribution in [-0.4, -0.2) is 15.6 Å². The summed E-state index contributed by atoms with van der Waals surface area (Å²) >= 11 is 6.54. The quantitative estimate of drug-likeness (QED) is 0.887. The smallest absolute Gasteiger partial charge is 0.205 e. The molecule has 1 aromatic heterocycles. The van der Waals surface area contributed by atoms with Gasteiger partial charge in [0.1, 0.15) is 17.4 Å². The summed E-state index contributed by atoms with van der Waals surface area (Å²) in [6.45, 7) is 4.59. The van der Waals surface area contributed by atoms with Crippen LogP contribution in [0.1, 0.15) is 56.3 Å². The number of halogens is 1. The average Bonchev–Trinajstić information content (AvgIpc) is 2.86. The summed E-state index contributed by atoms with van der Waals surface area (Å²) in [6, 6.07) is 2.12. The molecule has 0 unspecified atom stereocenters.